The van der Waals surface area contributed by atoms with Gasteiger partial charge in [-0.05, 0) is 31.4 Å². The van der Waals surface area contributed by atoms with E-state index in [1.165, 1.54) is 6.42 Å². The Morgan fingerprint density at radius 1 is 1.47 bits per heavy atom. The van der Waals surface area contributed by atoms with Gasteiger partial charge in [0.15, 0.2) is 0 Å². The van der Waals surface area contributed by atoms with Crippen LogP contribution >= 0.6 is 11.6 Å². The Bertz CT molecular complexity index is 334. The molecule has 82 valence electrons. The fraction of sp³-hybridized carbons (Fsp3) is 0.583. The van der Waals surface area contributed by atoms with E-state index in [2.05, 4.69) is 4.98 Å². The van der Waals surface area contributed by atoms with Gasteiger partial charge in [-0.3, -0.25) is 0 Å². The predicted molar refractivity (Wildman–Crippen MR) is 61.1 cm³/mol. The van der Waals surface area contributed by atoms with Crippen molar-refractivity contribution in [2.45, 2.75) is 44.1 Å². The zero-order chi connectivity index (χ0) is 10.9. The van der Waals surface area contributed by atoms with Crippen molar-refractivity contribution in [2.75, 3.05) is 0 Å². The van der Waals surface area contributed by atoms with Crippen molar-refractivity contribution in [2.24, 2.45) is 0 Å². The molecule has 15 heavy (non-hydrogen) atoms. The number of halogens is 1. The first-order valence-corrected chi connectivity index (χ1v) is 5.81. The number of nitrogens with zero attached hydrogens (tertiary/aromatic N) is 1. The lowest BCUT2D eigenvalue weighted by Gasteiger charge is -2.37. The summed E-state index contributed by atoms with van der Waals surface area (Å²) in [5.41, 5.74) is 0.511. The molecule has 0 bridgehead atoms. The molecule has 1 aliphatic carbocycles. The van der Waals surface area contributed by atoms with Crippen LogP contribution in [0, 0.1) is 0 Å². The summed E-state index contributed by atoms with van der Waals surface area (Å²) in [6.07, 6.45) is 6.00. The van der Waals surface area contributed by atoms with Crippen LogP contribution in [0.3, 0.4) is 0 Å². The van der Waals surface area contributed by atoms with Crippen molar-refractivity contribution >= 4 is 11.6 Å². The highest BCUT2D eigenvalue weighted by molar-refractivity contribution is 6.29. The summed E-state index contributed by atoms with van der Waals surface area (Å²) in [6, 6.07) is 3.77. The zero-order valence-electron chi connectivity index (χ0n) is 8.91. The molecule has 1 aliphatic rings. The maximum Gasteiger partial charge on any atom is 0.129 e. The smallest absolute Gasteiger partial charge is 0.129 e. The Morgan fingerprint density at radius 2 is 2.27 bits per heavy atom. The second-order valence-corrected chi connectivity index (χ2v) is 4.96. The molecule has 1 fully saturated rings. The van der Waals surface area contributed by atoms with Gasteiger partial charge in [0.25, 0.3) is 0 Å². The monoisotopic (exact) mass is 225 g/mol. The highest BCUT2D eigenvalue weighted by Gasteiger charge is 2.35. The number of aromatic nitrogens is 1. The van der Waals surface area contributed by atoms with Crippen LogP contribution in [0.5, 0.6) is 0 Å². The number of rotatable bonds is 1. The van der Waals surface area contributed by atoms with E-state index in [-0.39, 0.29) is 5.92 Å². The van der Waals surface area contributed by atoms with Crippen LogP contribution in [-0.2, 0) is 0 Å². The highest BCUT2D eigenvalue weighted by atomic mass is 35.5. The molecule has 2 rings (SSSR count). The minimum atomic E-state index is -0.590. The normalized spacial score (nSPS) is 31.5. The maximum atomic E-state index is 10.3. The van der Waals surface area contributed by atoms with Gasteiger partial charge in [0.2, 0.25) is 0 Å². The minimum absolute atomic E-state index is 0.205. The Kier molecular flexibility index (Phi) is 2.98. The molecule has 1 heterocycles. The van der Waals surface area contributed by atoms with Crippen LogP contribution in [0.1, 0.15) is 44.1 Å². The molecule has 2 unspecified atom stereocenters. The fourth-order valence-corrected chi connectivity index (χ4v) is 2.55. The zero-order valence-corrected chi connectivity index (χ0v) is 9.67. The van der Waals surface area contributed by atoms with Gasteiger partial charge in [0, 0.05) is 12.1 Å². The third-order valence-electron chi connectivity index (χ3n) is 3.33. The number of hydrogen-bond acceptors (Lipinski definition) is 2. The van der Waals surface area contributed by atoms with E-state index in [0.29, 0.717) is 5.15 Å². The lowest BCUT2D eigenvalue weighted by atomic mass is 9.73. The third kappa shape index (κ3) is 2.32. The Labute approximate surface area is 95.3 Å². The van der Waals surface area contributed by atoms with E-state index >= 15 is 0 Å². The van der Waals surface area contributed by atoms with E-state index in [0.717, 1.165) is 24.8 Å². The molecule has 1 aromatic rings. The molecule has 0 saturated heterocycles. The first-order valence-electron chi connectivity index (χ1n) is 5.43. The summed E-state index contributed by atoms with van der Waals surface area (Å²) in [5, 5.41) is 10.8. The molecule has 1 saturated carbocycles. The van der Waals surface area contributed by atoms with Gasteiger partial charge in [-0.1, -0.05) is 30.5 Å². The molecule has 1 N–H and O–H groups in total. The topological polar surface area (TPSA) is 33.1 Å². The molecule has 3 heteroatoms. The Balaban J connectivity index is 2.25. The lowest BCUT2D eigenvalue weighted by Crippen LogP contribution is -2.35. The summed E-state index contributed by atoms with van der Waals surface area (Å²) >= 11 is 5.75. The molecule has 0 aliphatic heterocycles. The molecule has 0 radical (unpaired) electrons. The van der Waals surface area contributed by atoms with Crippen molar-refractivity contribution in [3.8, 4) is 0 Å². The van der Waals surface area contributed by atoms with E-state index in [1.807, 2.05) is 13.0 Å². The van der Waals surface area contributed by atoms with Gasteiger partial charge in [-0.15, -0.1) is 0 Å². The van der Waals surface area contributed by atoms with E-state index < -0.39 is 5.60 Å². The number of pyridine rings is 1. The summed E-state index contributed by atoms with van der Waals surface area (Å²) in [5.74, 6) is 0.205. The van der Waals surface area contributed by atoms with Crippen LogP contribution in [0.15, 0.2) is 18.3 Å². The van der Waals surface area contributed by atoms with Gasteiger partial charge >= 0.3 is 0 Å². The lowest BCUT2D eigenvalue weighted by molar-refractivity contribution is 0.000557. The first kappa shape index (κ1) is 10.9. The molecule has 2 atom stereocenters. The summed E-state index contributed by atoms with van der Waals surface area (Å²) in [4.78, 5) is 4.07. The van der Waals surface area contributed by atoms with Crippen molar-refractivity contribution in [3.05, 3.63) is 29.0 Å². The molecule has 0 aromatic carbocycles. The van der Waals surface area contributed by atoms with Crippen LogP contribution in [0.25, 0.3) is 0 Å². The van der Waals surface area contributed by atoms with Crippen molar-refractivity contribution in [1.29, 1.82) is 0 Å². The SMILES string of the molecule is CC1(O)CCCCC1c1ccc(Cl)nc1. The molecular weight excluding hydrogens is 210 g/mol. The highest BCUT2D eigenvalue weighted by Crippen LogP contribution is 2.40. The van der Waals surface area contributed by atoms with Crippen LogP contribution in [0.2, 0.25) is 5.15 Å². The minimum Gasteiger partial charge on any atom is -0.390 e. The van der Waals surface area contributed by atoms with Gasteiger partial charge in [0.1, 0.15) is 5.15 Å². The van der Waals surface area contributed by atoms with Gasteiger partial charge in [-0.25, -0.2) is 4.98 Å². The van der Waals surface area contributed by atoms with Gasteiger partial charge < -0.3 is 5.11 Å². The van der Waals surface area contributed by atoms with E-state index in [1.54, 1.807) is 12.3 Å². The molecule has 2 nitrogen and oxygen atoms in total. The molecule has 0 amide bonds. The van der Waals surface area contributed by atoms with Crippen molar-refractivity contribution < 1.29 is 5.11 Å². The second-order valence-electron chi connectivity index (χ2n) is 4.57. The van der Waals surface area contributed by atoms with E-state index in [9.17, 15) is 5.11 Å². The summed E-state index contributed by atoms with van der Waals surface area (Å²) in [7, 11) is 0. The maximum absolute atomic E-state index is 10.3. The molecular formula is C12H16ClNO. The van der Waals surface area contributed by atoms with E-state index in [4.69, 9.17) is 11.6 Å². The number of aliphatic hydroxyl groups is 1. The molecule has 0 spiro atoms. The Hall–Kier alpha value is -0.600. The summed E-state index contributed by atoms with van der Waals surface area (Å²) < 4.78 is 0. The average Bonchev–Trinajstić information content (AvgIpc) is 2.19. The first-order chi connectivity index (χ1) is 7.09. The third-order valence-corrected chi connectivity index (χ3v) is 3.55. The predicted octanol–water partition coefficient (Wildman–Crippen LogP) is 3.14. The average molecular weight is 226 g/mol. The van der Waals surface area contributed by atoms with Crippen LogP contribution in [0.4, 0.5) is 0 Å². The van der Waals surface area contributed by atoms with Crippen molar-refractivity contribution in [1.82, 2.24) is 4.98 Å². The van der Waals surface area contributed by atoms with Gasteiger partial charge in [0.05, 0.1) is 5.60 Å². The number of hydrogen-bond donors (Lipinski definition) is 1. The molecule has 1 aromatic heterocycles. The fourth-order valence-electron chi connectivity index (χ4n) is 2.44. The largest absolute Gasteiger partial charge is 0.390 e. The quantitative estimate of drug-likeness (QED) is 0.745. The summed E-state index contributed by atoms with van der Waals surface area (Å²) in [6.45, 7) is 1.92. The van der Waals surface area contributed by atoms with Gasteiger partial charge in [-0.2, -0.15) is 0 Å². The second kappa shape index (κ2) is 4.11. The van der Waals surface area contributed by atoms with Crippen LogP contribution in [-0.4, -0.2) is 15.7 Å². The standard InChI is InChI=1S/C12H16ClNO/c1-12(15)7-3-2-4-10(12)9-5-6-11(13)14-8-9/h5-6,8,10,15H,2-4,7H2,1H3. The van der Waals surface area contributed by atoms with Crippen LogP contribution < -0.4 is 0 Å². The Morgan fingerprint density at radius 3 is 2.87 bits per heavy atom. The van der Waals surface area contributed by atoms with Crippen molar-refractivity contribution in [3.63, 3.8) is 0 Å².